The van der Waals surface area contributed by atoms with Crippen LogP contribution in [-0.2, 0) is 10.2 Å². The summed E-state index contributed by atoms with van der Waals surface area (Å²) >= 11 is 0. The van der Waals surface area contributed by atoms with Gasteiger partial charge in [0.05, 0.1) is 0 Å². The van der Waals surface area contributed by atoms with E-state index in [1.807, 2.05) is 27.7 Å². The maximum absolute atomic E-state index is 12.7. The van der Waals surface area contributed by atoms with Crippen molar-refractivity contribution in [1.82, 2.24) is 8.61 Å². The smallest absolute Gasteiger partial charge is 0.282 e. The Hall–Kier alpha value is -0.170. The van der Waals surface area contributed by atoms with Crippen LogP contribution in [0.5, 0.6) is 0 Å². The Morgan fingerprint density at radius 3 is 2.44 bits per heavy atom. The Morgan fingerprint density at radius 2 is 2.00 bits per heavy atom. The van der Waals surface area contributed by atoms with E-state index in [1.54, 1.807) is 4.31 Å². The van der Waals surface area contributed by atoms with E-state index in [1.165, 1.54) is 4.31 Å². The maximum Gasteiger partial charge on any atom is 0.282 e. The first-order valence-electron chi connectivity index (χ1n) is 6.77. The van der Waals surface area contributed by atoms with Gasteiger partial charge >= 0.3 is 0 Å². The Labute approximate surface area is 112 Å². The number of likely N-dealkylation sites (N-methyl/N-ethyl adjacent to an activating group) is 1. The molecule has 6 heteroatoms. The summed E-state index contributed by atoms with van der Waals surface area (Å²) < 4.78 is 28.6. The molecule has 0 bridgehead atoms. The van der Waals surface area contributed by atoms with E-state index in [2.05, 4.69) is 0 Å². The maximum atomic E-state index is 12.7. The second kappa shape index (κ2) is 5.86. The second-order valence-corrected chi connectivity index (χ2v) is 7.45. The Balaban J connectivity index is 3.02. The van der Waals surface area contributed by atoms with Gasteiger partial charge in [0.2, 0.25) is 0 Å². The summed E-state index contributed by atoms with van der Waals surface area (Å²) in [6.07, 6.45) is 3.00. The molecule has 1 fully saturated rings. The molecule has 18 heavy (non-hydrogen) atoms. The van der Waals surface area contributed by atoms with E-state index in [4.69, 9.17) is 5.73 Å². The molecule has 1 aliphatic rings. The van der Waals surface area contributed by atoms with Crippen LogP contribution in [0.3, 0.4) is 0 Å². The van der Waals surface area contributed by atoms with Gasteiger partial charge in [0.1, 0.15) is 0 Å². The van der Waals surface area contributed by atoms with Gasteiger partial charge in [-0.15, -0.1) is 0 Å². The van der Waals surface area contributed by atoms with E-state index in [0.29, 0.717) is 19.6 Å². The lowest BCUT2D eigenvalue weighted by molar-refractivity contribution is 0.195. The lowest BCUT2D eigenvalue weighted by Gasteiger charge is -2.42. The summed E-state index contributed by atoms with van der Waals surface area (Å²) in [6, 6.07) is 0.0892. The molecule has 1 rings (SSSR count). The molecular weight excluding hydrogens is 250 g/mol. The van der Waals surface area contributed by atoms with Crippen LogP contribution in [-0.4, -0.2) is 48.2 Å². The van der Waals surface area contributed by atoms with E-state index in [0.717, 1.165) is 19.3 Å². The number of nitrogens with zero attached hydrogens (tertiary/aromatic N) is 2. The van der Waals surface area contributed by atoms with Gasteiger partial charge in [0, 0.05) is 31.2 Å². The largest absolute Gasteiger partial charge is 0.329 e. The number of nitrogens with two attached hydrogens (primary N) is 1. The fraction of sp³-hybridized carbons (Fsp3) is 1.00. The molecule has 1 heterocycles. The minimum Gasteiger partial charge on any atom is -0.329 e. The summed E-state index contributed by atoms with van der Waals surface area (Å²) in [5.74, 6) is 0. The molecule has 0 spiro atoms. The van der Waals surface area contributed by atoms with Crippen LogP contribution in [0.15, 0.2) is 0 Å². The molecule has 1 aliphatic heterocycles. The second-order valence-electron chi connectivity index (χ2n) is 5.64. The molecule has 1 unspecified atom stereocenters. The predicted molar refractivity (Wildman–Crippen MR) is 74.5 cm³/mol. The van der Waals surface area contributed by atoms with Gasteiger partial charge < -0.3 is 5.73 Å². The van der Waals surface area contributed by atoms with Gasteiger partial charge in [-0.1, -0.05) is 13.3 Å². The first-order chi connectivity index (χ1) is 8.27. The van der Waals surface area contributed by atoms with Crippen molar-refractivity contribution in [3.05, 3.63) is 0 Å². The highest BCUT2D eigenvalue weighted by atomic mass is 32.2. The topological polar surface area (TPSA) is 66.6 Å². The third-order valence-electron chi connectivity index (χ3n) is 3.78. The van der Waals surface area contributed by atoms with Crippen LogP contribution in [0.2, 0.25) is 0 Å². The van der Waals surface area contributed by atoms with E-state index in [9.17, 15) is 8.42 Å². The fourth-order valence-electron chi connectivity index (χ4n) is 2.55. The average molecular weight is 277 g/mol. The van der Waals surface area contributed by atoms with Crippen molar-refractivity contribution in [2.24, 2.45) is 5.73 Å². The Morgan fingerprint density at radius 1 is 1.39 bits per heavy atom. The van der Waals surface area contributed by atoms with Crippen LogP contribution in [0, 0.1) is 0 Å². The highest BCUT2D eigenvalue weighted by Gasteiger charge is 2.40. The highest BCUT2D eigenvalue weighted by Crippen LogP contribution is 2.26. The zero-order valence-electron chi connectivity index (χ0n) is 12.0. The summed E-state index contributed by atoms with van der Waals surface area (Å²) in [6.45, 7) is 9.01. The van der Waals surface area contributed by atoms with Gasteiger partial charge in [-0.3, -0.25) is 0 Å². The number of rotatable bonds is 5. The molecular formula is C12H27N3O2S. The third-order valence-corrected chi connectivity index (χ3v) is 6.22. The van der Waals surface area contributed by atoms with Crippen LogP contribution < -0.4 is 5.73 Å². The molecule has 0 radical (unpaired) electrons. The van der Waals surface area contributed by atoms with Crippen molar-refractivity contribution in [2.45, 2.75) is 58.5 Å². The summed E-state index contributed by atoms with van der Waals surface area (Å²) in [5, 5.41) is 0. The lowest BCUT2D eigenvalue weighted by atomic mass is 10.1. The van der Waals surface area contributed by atoms with Crippen molar-refractivity contribution in [2.75, 3.05) is 19.6 Å². The number of hydrogen-bond acceptors (Lipinski definition) is 3. The Kier molecular flexibility index (Phi) is 5.17. The third kappa shape index (κ3) is 3.04. The van der Waals surface area contributed by atoms with Crippen molar-refractivity contribution in [3.63, 3.8) is 0 Å². The molecule has 0 aromatic rings. The SMILES string of the molecule is CCN(C(C)(C)CN)S(=O)(=O)N1CCCCC1C. The molecule has 0 aliphatic carbocycles. The summed E-state index contributed by atoms with van der Waals surface area (Å²) in [7, 11) is -3.41. The molecule has 0 aromatic carbocycles. The van der Waals surface area contributed by atoms with Crippen molar-refractivity contribution in [1.29, 1.82) is 0 Å². The van der Waals surface area contributed by atoms with Gasteiger partial charge in [-0.05, 0) is 33.6 Å². The van der Waals surface area contributed by atoms with E-state index in [-0.39, 0.29) is 6.04 Å². The van der Waals surface area contributed by atoms with Crippen LogP contribution >= 0.6 is 0 Å². The molecule has 0 saturated carbocycles. The summed E-state index contributed by atoms with van der Waals surface area (Å²) in [4.78, 5) is 0. The van der Waals surface area contributed by atoms with Crippen molar-refractivity contribution in [3.8, 4) is 0 Å². The highest BCUT2D eigenvalue weighted by molar-refractivity contribution is 7.86. The number of piperidine rings is 1. The zero-order valence-corrected chi connectivity index (χ0v) is 12.8. The minimum atomic E-state index is -3.41. The number of hydrogen-bond donors (Lipinski definition) is 1. The van der Waals surface area contributed by atoms with Crippen LogP contribution in [0.4, 0.5) is 0 Å². The molecule has 5 nitrogen and oxygen atoms in total. The lowest BCUT2D eigenvalue weighted by Crippen LogP contribution is -2.58. The van der Waals surface area contributed by atoms with Crippen LogP contribution in [0.25, 0.3) is 0 Å². The first kappa shape index (κ1) is 15.9. The standard InChI is InChI=1S/C12H27N3O2S/c1-5-15(12(3,4)10-13)18(16,17)14-9-7-6-8-11(14)2/h11H,5-10,13H2,1-4H3. The molecule has 0 amide bonds. The summed E-state index contributed by atoms with van der Waals surface area (Å²) in [5.41, 5.74) is 5.18. The monoisotopic (exact) mass is 277 g/mol. The Bertz CT molecular complexity index is 368. The minimum absolute atomic E-state index is 0.0892. The van der Waals surface area contributed by atoms with Gasteiger partial charge in [-0.2, -0.15) is 17.0 Å². The van der Waals surface area contributed by atoms with Gasteiger partial charge in [0.25, 0.3) is 10.2 Å². The van der Waals surface area contributed by atoms with E-state index >= 15 is 0 Å². The average Bonchev–Trinajstić information content (AvgIpc) is 2.29. The molecule has 0 aromatic heterocycles. The molecule has 1 saturated heterocycles. The first-order valence-corrected chi connectivity index (χ1v) is 8.16. The molecule has 108 valence electrons. The molecule has 1 atom stereocenters. The quantitative estimate of drug-likeness (QED) is 0.820. The van der Waals surface area contributed by atoms with Crippen LogP contribution in [0.1, 0.15) is 47.0 Å². The van der Waals surface area contributed by atoms with Gasteiger partial charge in [0.15, 0.2) is 0 Å². The van der Waals surface area contributed by atoms with E-state index < -0.39 is 15.7 Å². The van der Waals surface area contributed by atoms with Gasteiger partial charge in [-0.25, -0.2) is 0 Å². The zero-order chi connectivity index (χ0) is 14.0. The van der Waals surface area contributed by atoms with Crippen molar-refractivity contribution >= 4 is 10.2 Å². The fourth-order valence-corrected chi connectivity index (χ4v) is 4.75. The van der Waals surface area contributed by atoms with Crippen molar-refractivity contribution < 1.29 is 8.42 Å². The molecule has 2 N–H and O–H groups in total. The normalized spacial score (nSPS) is 23.6. The predicted octanol–water partition coefficient (Wildman–Crippen LogP) is 1.16.